The van der Waals surface area contributed by atoms with Crippen molar-refractivity contribution in [2.75, 3.05) is 0 Å². The Morgan fingerprint density at radius 1 is 0.921 bits per heavy atom. The van der Waals surface area contributed by atoms with E-state index in [0.717, 1.165) is 69.7 Å². The Labute approximate surface area is 223 Å². The van der Waals surface area contributed by atoms with Crippen LogP contribution in [0, 0.1) is 0 Å². The zero-order valence-corrected chi connectivity index (χ0v) is 21.2. The fraction of sp³-hybridized carbons (Fsp3) is 0.138. The molecule has 0 bridgehead atoms. The molecule has 8 nitrogen and oxygen atoms in total. The highest BCUT2D eigenvalue weighted by atomic mass is 32.2. The zero-order valence-electron chi connectivity index (χ0n) is 20.4. The van der Waals surface area contributed by atoms with Gasteiger partial charge in [-0.3, -0.25) is 15.1 Å². The Balaban J connectivity index is 1.18. The Morgan fingerprint density at radius 3 is 2.68 bits per heavy atom. The minimum absolute atomic E-state index is 0.344. The van der Waals surface area contributed by atoms with E-state index in [0.29, 0.717) is 10.9 Å². The highest BCUT2D eigenvalue weighted by Gasteiger charge is 2.21. The molecule has 1 aromatic carbocycles. The molecular weight excluding hydrogens is 492 g/mol. The number of aromatic amines is 2. The summed E-state index contributed by atoms with van der Waals surface area (Å²) in [6, 6.07) is 14.6. The second kappa shape index (κ2) is 9.85. The van der Waals surface area contributed by atoms with Gasteiger partial charge >= 0.3 is 0 Å². The number of hydrogen-bond acceptors (Lipinski definition) is 7. The third kappa shape index (κ3) is 4.36. The minimum atomic E-state index is 0.344. The van der Waals surface area contributed by atoms with Gasteiger partial charge in [0, 0.05) is 59.8 Å². The van der Waals surface area contributed by atoms with Crippen molar-refractivity contribution in [1.29, 1.82) is 0 Å². The molecule has 0 fully saturated rings. The average Bonchev–Trinajstić information content (AvgIpc) is 3.73. The summed E-state index contributed by atoms with van der Waals surface area (Å²) < 4.78 is 0. The number of nitrogens with zero attached hydrogens (tertiary/aromatic N) is 5. The van der Waals surface area contributed by atoms with Crippen molar-refractivity contribution in [2.45, 2.75) is 24.8 Å². The third-order valence-corrected chi connectivity index (χ3v) is 7.86. The summed E-state index contributed by atoms with van der Waals surface area (Å²) >= 11 is 1.81. The molecule has 6 heterocycles. The number of thioether (sulfide) groups is 1. The third-order valence-electron chi connectivity index (χ3n) is 6.73. The Bertz CT molecular complexity index is 1760. The molecule has 1 unspecified atom stereocenters. The van der Waals surface area contributed by atoms with E-state index in [9.17, 15) is 0 Å². The van der Waals surface area contributed by atoms with Crippen molar-refractivity contribution >= 4 is 33.8 Å². The smallest absolute Gasteiger partial charge is 0.181 e. The van der Waals surface area contributed by atoms with Crippen LogP contribution in [0.1, 0.15) is 28.4 Å². The summed E-state index contributed by atoms with van der Waals surface area (Å²) in [5.41, 5.74) is 8.81. The van der Waals surface area contributed by atoms with Crippen LogP contribution >= 0.6 is 11.8 Å². The summed E-state index contributed by atoms with van der Waals surface area (Å²) in [7, 11) is 0. The average molecular weight is 517 g/mol. The number of hydrogen-bond donors (Lipinski definition) is 3. The molecule has 0 saturated carbocycles. The van der Waals surface area contributed by atoms with E-state index in [1.54, 1.807) is 0 Å². The molecule has 1 aliphatic rings. The summed E-state index contributed by atoms with van der Waals surface area (Å²) in [6.45, 7) is 1.54. The van der Waals surface area contributed by atoms with E-state index in [1.807, 2.05) is 48.8 Å². The van der Waals surface area contributed by atoms with E-state index in [-0.39, 0.29) is 0 Å². The molecule has 6 aromatic rings. The number of allylic oxidation sites excluding steroid dienone is 1. The van der Waals surface area contributed by atoms with E-state index in [1.165, 1.54) is 5.56 Å². The molecule has 7 rings (SSSR count). The van der Waals surface area contributed by atoms with Crippen LogP contribution in [0.2, 0.25) is 0 Å². The zero-order chi connectivity index (χ0) is 25.3. The van der Waals surface area contributed by atoms with Crippen molar-refractivity contribution in [3.05, 3.63) is 102 Å². The van der Waals surface area contributed by atoms with Gasteiger partial charge in [0.15, 0.2) is 11.5 Å². The van der Waals surface area contributed by atoms with Crippen molar-refractivity contribution in [1.82, 2.24) is 40.4 Å². The van der Waals surface area contributed by atoms with Crippen LogP contribution < -0.4 is 5.32 Å². The fourth-order valence-electron chi connectivity index (χ4n) is 4.82. The fourth-order valence-corrected chi connectivity index (χ4v) is 5.77. The highest BCUT2D eigenvalue weighted by molar-refractivity contribution is 8.02. The van der Waals surface area contributed by atoms with E-state index < -0.39 is 0 Å². The molecule has 0 amide bonds. The quantitative estimate of drug-likeness (QED) is 0.241. The monoisotopic (exact) mass is 516 g/mol. The maximum atomic E-state index is 4.97. The predicted molar refractivity (Wildman–Crippen MR) is 151 cm³/mol. The van der Waals surface area contributed by atoms with E-state index in [2.05, 4.69) is 83.3 Å². The summed E-state index contributed by atoms with van der Waals surface area (Å²) in [5, 5.41) is 14.5. The standard InChI is InChI=1S/C29H24N8S/c1-2-5-18(6-3-1)11-30-12-19-9-20(14-31-13-19)21-10-22-27(36-37-28(22)33-15-21)29-34-24-17-32-16-23(26(24)35-29)25-7-4-8-38-25/h1-6,8-10,13-17,25,30H,7,11-12H2,(H,34,35)(H,33,36,37). The first-order valence-electron chi connectivity index (χ1n) is 12.5. The van der Waals surface area contributed by atoms with Crippen LogP contribution in [0.5, 0.6) is 0 Å². The summed E-state index contributed by atoms with van der Waals surface area (Å²) in [4.78, 5) is 22.0. The van der Waals surface area contributed by atoms with Crippen LogP contribution in [0.15, 0.2) is 84.9 Å². The van der Waals surface area contributed by atoms with Gasteiger partial charge in [0.2, 0.25) is 0 Å². The number of rotatable bonds is 7. The van der Waals surface area contributed by atoms with Crippen molar-refractivity contribution in [3.8, 4) is 22.6 Å². The highest BCUT2D eigenvalue weighted by Crippen LogP contribution is 2.41. The molecule has 0 radical (unpaired) electrons. The molecular formula is C29H24N8S. The van der Waals surface area contributed by atoms with Crippen LogP contribution in [0.3, 0.4) is 0 Å². The number of pyridine rings is 3. The van der Waals surface area contributed by atoms with Gasteiger partial charge in [-0.2, -0.15) is 5.10 Å². The molecule has 0 aliphatic carbocycles. The number of benzene rings is 1. The molecule has 1 atom stereocenters. The molecule has 38 heavy (non-hydrogen) atoms. The first-order chi connectivity index (χ1) is 18.8. The molecule has 9 heteroatoms. The van der Waals surface area contributed by atoms with Crippen LogP contribution in [-0.4, -0.2) is 35.1 Å². The van der Waals surface area contributed by atoms with Crippen molar-refractivity contribution < 1.29 is 0 Å². The number of H-pyrrole nitrogens is 2. The molecule has 1 aliphatic heterocycles. The Kier molecular flexibility index (Phi) is 5.91. The van der Waals surface area contributed by atoms with Gasteiger partial charge in [0.25, 0.3) is 0 Å². The van der Waals surface area contributed by atoms with Gasteiger partial charge in [-0.1, -0.05) is 36.4 Å². The number of imidazole rings is 1. The SMILES string of the molecule is C1=CSC(c2cncc3[nH]c(-c4[nH]nc5ncc(-c6cncc(CNCc7ccccc7)c6)cc45)nc23)C1. The molecule has 3 N–H and O–H groups in total. The lowest BCUT2D eigenvalue weighted by Gasteiger charge is -2.08. The lowest BCUT2D eigenvalue weighted by atomic mass is 10.1. The molecule has 0 saturated heterocycles. The summed E-state index contributed by atoms with van der Waals surface area (Å²) in [6.07, 6.45) is 12.6. The normalized spacial score (nSPS) is 15.1. The lowest BCUT2D eigenvalue weighted by Crippen LogP contribution is -2.12. The Hall–Kier alpha value is -4.34. The lowest BCUT2D eigenvalue weighted by molar-refractivity contribution is 0.691. The van der Waals surface area contributed by atoms with Gasteiger partial charge in [-0.15, -0.1) is 11.8 Å². The van der Waals surface area contributed by atoms with Gasteiger partial charge in [0.1, 0.15) is 5.69 Å². The van der Waals surface area contributed by atoms with Crippen LogP contribution in [-0.2, 0) is 13.1 Å². The van der Waals surface area contributed by atoms with Crippen molar-refractivity contribution in [3.63, 3.8) is 0 Å². The van der Waals surface area contributed by atoms with Crippen LogP contribution in [0.25, 0.3) is 44.7 Å². The van der Waals surface area contributed by atoms with Gasteiger partial charge in [-0.25, -0.2) is 9.97 Å². The van der Waals surface area contributed by atoms with Gasteiger partial charge in [0.05, 0.1) is 22.6 Å². The van der Waals surface area contributed by atoms with Crippen molar-refractivity contribution in [2.24, 2.45) is 0 Å². The predicted octanol–water partition coefficient (Wildman–Crippen LogP) is 5.94. The number of fused-ring (bicyclic) bond motifs is 2. The molecule has 186 valence electrons. The molecule has 0 spiro atoms. The number of aromatic nitrogens is 7. The largest absolute Gasteiger partial charge is 0.335 e. The first-order valence-corrected chi connectivity index (χ1v) is 13.4. The Morgan fingerprint density at radius 2 is 1.79 bits per heavy atom. The van der Waals surface area contributed by atoms with Crippen LogP contribution in [0.4, 0.5) is 0 Å². The first kappa shape index (κ1) is 22.8. The van der Waals surface area contributed by atoms with Gasteiger partial charge < -0.3 is 10.3 Å². The number of nitrogens with one attached hydrogen (secondary N) is 3. The van der Waals surface area contributed by atoms with Gasteiger partial charge in [-0.05, 0) is 35.1 Å². The topological polar surface area (TPSA) is 108 Å². The second-order valence-electron chi connectivity index (χ2n) is 9.31. The second-order valence-corrected chi connectivity index (χ2v) is 10.4. The minimum Gasteiger partial charge on any atom is -0.335 e. The molecule has 5 aromatic heterocycles. The van der Waals surface area contributed by atoms with E-state index in [4.69, 9.17) is 4.98 Å². The maximum absolute atomic E-state index is 4.97. The van der Waals surface area contributed by atoms with E-state index >= 15 is 0 Å². The maximum Gasteiger partial charge on any atom is 0.181 e. The summed E-state index contributed by atoms with van der Waals surface area (Å²) in [5.74, 6) is 0.726.